The van der Waals surface area contributed by atoms with Crippen LogP contribution in [0, 0.1) is 6.92 Å². The molecule has 2 N–H and O–H groups in total. The highest BCUT2D eigenvalue weighted by Crippen LogP contribution is 2.33. The lowest BCUT2D eigenvalue weighted by atomic mass is 10.2. The Morgan fingerprint density at radius 2 is 1.75 bits per heavy atom. The van der Waals surface area contributed by atoms with E-state index in [2.05, 4.69) is 20.7 Å². The van der Waals surface area contributed by atoms with E-state index in [1.165, 1.54) is 6.07 Å². The summed E-state index contributed by atoms with van der Waals surface area (Å²) < 4.78 is 39.9. The molecule has 0 unspecified atom stereocenters. The smallest absolute Gasteiger partial charge is 0.404 e. The maximum absolute atomic E-state index is 11.9. The quantitative estimate of drug-likeness (QED) is 0.786. The SMILES string of the molecule is CC.Cc1cc(Br)cc(OC(F)(F)F)c1N. The Morgan fingerprint density at radius 1 is 1.25 bits per heavy atom. The van der Waals surface area contributed by atoms with E-state index in [4.69, 9.17) is 5.73 Å². The molecule has 0 aromatic heterocycles. The van der Waals surface area contributed by atoms with Crippen LogP contribution in [0.25, 0.3) is 0 Å². The summed E-state index contributed by atoms with van der Waals surface area (Å²) in [7, 11) is 0. The average molecular weight is 300 g/mol. The Labute approximate surface area is 101 Å². The summed E-state index contributed by atoms with van der Waals surface area (Å²) in [6.45, 7) is 5.60. The zero-order valence-electron chi connectivity index (χ0n) is 9.15. The predicted molar refractivity (Wildman–Crippen MR) is 61.3 cm³/mol. The highest BCUT2D eigenvalue weighted by atomic mass is 79.9. The molecule has 0 heterocycles. The molecule has 16 heavy (non-hydrogen) atoms. The maximum Gasteiger partial charge on any atom is 0.573 e. The zero-order valence-corrected chi connectivity index (χ0v) is 10.7. The summed E-state index contributed by atoms with van der Waals surface area (Å²) in [5.74, 6) is -0.385. The fourth-order valence-electron chi connectivity index (χ4n) is 0.933. The molecule has 0 fully saturated rings. The maximum atomic E-state index is 11.9. The largest absolute Gasteiger partial charge is 0.573 e. The predicted octanol–water partition coefficient (Wildman–Crippen LogP) is 4.26. The molecule has 1 rings (SSSR count). The molecule has 2 nitrogen and oxygen atoms in total. The first-order chi connectivity index (χ1) is 7.29. The topological polar surface area (TPSA) is 35.2 Å². The van der Waals surface area contributed by atoms with Gasteiger partial charge in [0.1, 0.15) is 0 Å². The number of nitrogens with two attached hydrogens (primary N) is 1. The van der Waals surface area contributed by atoms with Crippen molar-refractivity contribution in [1.82, 2.24) is 0 Å². The van der Waals surface area contributed by atoms with Gasteiger partial charge in [-0.15, -0.1) is 13.2 Å². The van der Waals surface area contributed by atoms with Gasteiger partial charge >= 0.3 is 6.36 Å². The van der Waals surface area contributed by atoms with Crippen molar-refractivity contribution in [1.29, 1.82) is 0 Å². The lowest BCUT2D eigenvalue weighted by molar-refractivity contribution is -0.274. The van der Waals surface area contributed by atoms with Crippen LogP contribution in [0.4, 0.5) is 18.9 Å². The van der Waals surface area contributed by atoms with Crippen molar-refractivity contribution in [2.45, 2.75) is 27.1 Å². The lowest BCUT2D eigenvalue weighted by Crippen LogP contribution is -2.18. The molecule has 0 radical (unpaired) electrons. The summed E-state index contributed by atoms with van der Waals surface area (Å²) in [5, 5.41) is 0. The van der Waals surface area contributed by atoms with Gasteiger partial charge in [-0.3, -0.25) is 0 Å². The zero-order chi connectivity index (χ0) is 12.9. The van der Waals surface area contributed by atoms with Gasteiger partial charge in [-0.1, -0.05) is 29.8 Å². The minimum absolute atomic E-state index is 0.00877. The van der Waals surface area contributed by atoms with E-state index in [-0.39, 0.29) is 11.4 Å². The Balaban J connectivity index is 0.00000106. The Kier molecular flexibility index (Phi) is 5.64. The average Bonchev–Trinajstić information content (AvgIpc) is 2.14. The van der Waals surface area contributed by atoms with Crippen molar-refractivity contribution < 1.29 is 17.9 Å². The molecule has 0 aliphatic heterocycles. The Bertz CT molecular complexity index is 353. The molecule has 0 atom stereocenters. The molecule has 0 bridgehead atoms. The second kappa shape index (κ2) is 5.98. The summed E-state index contributed by atoms with van der Waals surface area (Å²) in [6.07, 6.45) is -4.72. The number of benzene rings is 1. The Hall–Kier alpha value is -0.910. The number of ether oxygens (including phenoxy) is 1. The molecule has 92 valence electrons. The lowest BCUT2D eigenvalue weighted by Gasteiger charge is -2.12. The second-order valence-electron chi connectivity index (χ2n) is 2.68. The summed E-state index contributed by atoms with van der Waals surface area (Å²) in [5.41, 5.74) is 5.93. The molecule has 1 aromatic rings. The van der Waals surface area contributed by atoms with Gasteiger partial charge < -0.3 is 10.5 Å². The van der Waals surface area contributed by atoms with Crippen molar-refractivity contribution in [3.05, 3.63) is 22.2 Å². The highest BCUT2D eigenvalue weighted by molar-refractivity contribution is 9.10. The fourth-order valence-corrected chi connectivity index (χ4v) is 1.48. The fraction of sp³-hybridized carbons (Fsp3) is 0.400. The van der Waals surface area contributed by atoms with Crippen LogP contribution < -0.4 is 10.5 Å². The molecule has 0 saturated carbocycles. The van der Waals surface area contributed by atoms with Crippen LogP contribution in [0.1, 0.15) is 19.4 Å². The van der Waals surface area contributed by atoms with Crippen LogP contribution in [0.2, 0.25) is 0 Å². The van der Waals surface area contributed by atoms with E-state index in [1.54, 1.807) is 13.0 Å². The first kappa shape index (κ1) is 15.1. The number of anilines is 1. The van der Waals surface area contributed by atoms with Crippen molar-refractivity contribution in [3.8, 4) is 5.75 Å². The molecule has 0 aliphatic carbocycles. The number of alkyl halides is 3. The highest BCUT2D eigenvalue weighted by Gasteiger charge is 2.32. The molecule has 0 amide bonds. The second-order valence-corrected chi connectivity index (χ2v) is 3.60. The van der Waals surface area contributed by atoms with Gasteiger partial charge in [0, 0.05) is 4.47 Å². The first-order valence-electron chi connectivity index (χ1n) is 4.61. The normalized spacial score (nSPS) is 10.4. The van der Waals surface area contributed by atoms with Crippen LogP contribution >= 0.6 is 15.9 Å². The molecule has 1 aromatic carbocycles. The van der Waals surface area contributed by atoms with Crippen LogP contribution in [-0.4, -0.2) is 6.36 Å². The van der Waals surface area contributed by atoms with Gasteiger partial charge in [-0.25, -0.2) is 0 Å². The molecule has 0 saturated heterocycles. The minimum Gasteiger partial charge on any atom is -0.404 e. The van der Waals surface area contributed by atoms with E-state index in [0.29, 0.717) is 10.0 Å². The number of hydrogen-bond donors (Lipinski definition) is 1. The molecule has 0 spiro atoms. The van der Waals surface area contributed by atoms with E-state index in [0.717, 1.165) is 0 Å². The van der Waals surface area contributed by atoms with E-state index < -0.39 is 6.36 Å². The number of hydrogen-bond acceptors (Lipinski definition) is 2. The third-order valence-electron chi connectivity index (χ3n) is 1.54. The summed E-state index contributed by atoms with van der Waals surface area (Å²) in [4.78, 5) is 0. The number of rotatable bonds is 1. The van der Waals surface area contributed by atoms with Crippen LogP contribution in [0.15, 0.2) is 16.6 Å². The third-order valence-corrected chi connectivity index (χ3v) is 2.00. The van der Waals surface area contributed by atoms with Gasteiger partial charge in [0.15, 0.2) is 5.75 Å². The molecular formula is C10H13BrF3NO. The van der Waals surface area contributed by atoms with E-state index in [1.807, 2.05) is 13.8 Å². The number of nitrogen functional groups attached to an aromatic ring is 1. The molecular weight excluding hydrogens is 287 g/mol. The van der Waals surface area contributed by atoms with Gasteiger partial charge in [0.05, 0.1) is 5.69 Å². The van der Waals surface area contributed by atoms with Crippen molar-refractivity contribution in [2.75, 3.05) is 5.73 Å². The molecule has 6 heteroatoms. The van der Waals surface area contributed by atoms with Gasteiger partial charge in [0.2, 0.25) is 0 Å². The van der Waals surface area contributed by atoms with Gasteiger partial charge in [-0.05, 0) is 24.6 Å². The number of aryl methyl sites for hydroxylation is 1. The summed E-state index contributed by atoms with van der Waals surface area (Å²) >= 11 is 3.05. The minimum atomic E-state index is -4.72. The first-order valence-corrected chi connectivity index (χ1v) is 5.40. The Morgan fingerprint density at radius 3 is 2.19 bits per heavy atom. The summed E-state index contributed by atoms with van der Waals surface area (Å²) in [6, 6.07) is 2.79. The molecule has 0 aliphatic rings. The van der Waals surface area contributed by atoms with Crippen molar-refractivity contribution in [3.63, 3.8) is 0 Å². The number of halogens is 4. The third kappa shape index (κ3) is 4.74. The van der Waals surface area contributed by atoms with Gasteiger partial charge in [0.25, 0.3) is 0 Å². The van der Waals surface area contributed by atoms with Crippen molar-refractivity contribution >= 4 is 21.6 Å². The van der Waals surface area contributed by atoms with Gasteiger partial charge in [-0.2, -0.15) is 0 Å². The van der Waals surface area contributed by atoms with Crippen LogP contribution in [0.5, 0.6) is 5.75 Å². The van der Waals surface area contributed by atoms with E-state index in [9.17, 15) is 13.2 Å². The van der Waals surface area contributed by atoms with Crippen LogP contribution in [-0.2, 0) is 0 Å². The standard InChI is InChI=1S/C8H7BrF3NO.C2H6/c1-4-2-5(9)3-6(7(4)13)14-8(10,11)12;1-2/h2-3H,13H2,1H3;1-2H3. The van der Waals surface area contributed by atoms with E-state index >= 15 is 0 Å². The van der Waals surface area contributed by atoms with Crippen molar-refractivity contribution in [2.24, 2.45) is 0 Å². The van der Waals surface area contributed by atoms with Crippen LogP contribution in [0.3, 0.4) is 0 Å². The monoisotopic (exact) mass is 299 g/mol.